The zero-order chi connectivity index (χ0) is 13.8. The number of hydrogen-bond donors (Lipinski definition) is 2. The highest BCUT2D eigenvalue weighted by Gasteiger charge is 2.29. The van der Waals surface area contributed by atoms with E-state index >= 15 is 0 Å². The number of piperidine rings is 1. The van der Waals surface area contributed by atoms with Crippen molar-refractivity contribution in [3.63, 3.8) is 0 Å². The van der Waals surface area contributed by atoms with E-state index in [-0.39, 0.29) is 37.0 Å². The molecule has 2 atom stereocenters. The van der Waals surface area contributed by atoms with Gasteiger partial charge in [0.25, 0.3) is 0 Å². The first-order chi connectivity index (χ1) is 9.10. The molecular weight excluding hydrogens is 248 g/mol. The molecular formula is C13H18N2O4. The van der Waals surface area contributed by atoms with E-state index in [9.17, 15) is 14.7 Å². The van der Waals surface area contributed by atoms with Crippen molar-refractivity contribution in [3.8, 4) is 0 Å². The molecule has 6 heteroatoms. The summed E-state index contributed by atoms with van der Waals surface area (Å²) in [5, 5.41) is 18.8. The lowest BCUT2D eigenvalue weighted by atomic mass is 9.95. The van der Waals surface area contributed by atoms with Crippen LogP contribution in [0.1, 0.15) is 6.42 Å². The zero-order valence-electron chi connectivity index (χ0n) is 10.6. The summed E-state index contributed by atoms with van der Waals surface area (Å²) in [5.74, 6) is -0.240. The lowest BCUT2D eigenvalue weighted by Crippen LogP contribution is -2.48. The molecule has 0 spiro atoms. The van der Waals surface area contributed by atoms with Crippen LogP contribution in [0.3, 0.4) is 0 Å². The number of nitrogens with zero attached hydrogens (tertiary/aromatic N) is 2. The quantitative estimate of drug-likeness (QED) is 0.739. The van der Waals surface area contributed by atoms with E-state index in [4.69, 9.17) is 5.11 Å². The zero-order valence-corrected chi connectivity index (χ0v) is 10.6. The minimum atomic E-state index is -0.670. The van der Waals surface area contributed by atoms with Gasteiger partial charge in [0.05, 0.1) is 6.10 Å². The Morgan fingerprint density at radius 2 is 2.05 bits per heavy atom. The van der Waals surface area contributed by atoms with E-state index in [1.165, 1.54) is 12.1 Å². The van der Waals surface area contributed by atoms with Crippen molar-refractivity contribution in [2.75, 3.05) is 19.7 Å². The fraction of sp³-hybridized carbons (Fsp3) is 0.538. The van der Waals surface area contributed by atoms with Gasteiger partial charge in [-0.1, -0.05) is 0 Å². The molecule has 0 aromatic carbocycles. The predicted molar refractivity (Wildman–Crippen MR) is 68.5 cm³/mol. The van der Waals surface area contributed by atoms with Crippen LogP contribution >= 0.6 is 0 Å². The number of β-amino-alcohol motifs (C(OH)–C–C–N with tert-alkyl or cyclic N) is 1. The van der Waals surface area contributed by atoms with Crippen LogP contribution in [-0.4, -0.2) is 51.4 Å². The summed E-state index contributed by atoms with van der Waals surface area (Å²) < 4.78 is 1.63. The summed E-state index contributed by atoms with van der Waals surface area (Å²) in [5.41, 5.74) is -0.0946. The Kier molecular flexibility index (Phi) is 4.34. The minimum absolute atomic E-state index is 0.0527. The second-order valence-corrected chi connectivity index (χ2v) is 4.84. The number of pyridine rings is 1. The summed E-state index contributed by atoms with van der Waals surface area (Å²) in [7, 11) is 0. The molecule has 0 unspecified atom stereocenters. The van der Waals surface area contributed by atoms with E-state index in [0.29, 0.717) is 13.0 Å². The molecule has 6 nitrogen and oxygen atoms in total. The molecule has 0 bridgehead atoms. The Morgan fingerprint density at radius 1 is 1.37 bits per heavy atom. The van der Waals surface area contributed by atoms with Crippen LogP contribution in [0.4, 0.5) is 0 Å². The average Bonchev–Trinajstić information content (AvgIpc) is 2.41. The Morgan fingerprint density at radius 3 is 2.63 bits per heavy atom. The monoisotopic (exact) mass is 266 g/mol. The van der Waals surface area contributed by atoms with Crippen molar-refractivity contribution in [1.29, 1.82) is 0 Å². The second kappa shape index (κ2) is 5.99. The Hall–Kier alpha value is -1.66. The normalized spacial score (nSPS) is 23.4. The summed E-state index contributed by atoms with van der Waals surface area (Å²) in [6.07, 6.45) is 3.07. The highest BCUT2D eigenvalue weighted by atomic mass is 16.3. The molecule has 1 fully saturated rings. The average molecular weight is 266 g/mol. The van der Waals surface area contributed by atoms with E-state index < -0.39 is 6.10 Å². The number of aliphatic hydroxyl groups excluding tert-OH is 2. The predicted octanol–water partition coefficient (Wildman–Crippen LogP) is -0.950. The lowest BCUT2D eigenvalue weighted by Gasteiger charge is -2.35. The smallest absolute Gasteiger partial charge is 0.242 e. The van der Waals surface area contributed by atoms with Gasteiger partial charge in [0.1, 0.15) is 6.54 Å². The van der Waals surface area contributed by atoms with Crippen molar-refractivity contribution >= 4 is 5.91 Å². The van der Waals surface area contributed by atoms with Crippen molar-refractivity contribution in [3.05, 3.63) is 34.7 Å². The Balaban J connectivity index is 1.94. The van der Waals surface area contributed by atoms with Gasteiger partial charge in [0, 0.05) is 50.1 Å². The minimum Gasteiger partial charge on any atom is -0.396 e. The van der Waals surface area contributed by atoms with Crippen LogP contribution in [0.2, 0.25) is 0 Å². The van der Waals surface area contributed by atoms with Gasteiger partial charge in [-0.15, -0.1) is 0 Å². The molecule has 1 aliphatic heterocycles. The number of aliphatic hydroxyl groups is 2. The molecule has 0 saturated carbocycles. The highest BCUT2D eigenvalue weighted by Crippen LogP contribution is 2.17. The summed E-state index contributed by atoms with van der Waals surface area (Å²) in [4.78, 5) is 24.6. The van der Waals surface area contributed by atoms with E-state index in [1.807, 2.05) is 0 Å². The number of rotatable bonds is 3. The van der Waals surface area contributed by atoms with E-state index in [1.54, 1.807) is 21.9 Å². The van der Waals surface area contributed by atoms with E-state index in [0.717, 1.165) is 0 Å². The third-order valence-corrected chi connectivity index (χ3v) is 3.49. The van der Waals surface area contributed by atoms with Crippen LogP contribution in [-0.2, 0) is 11.3 Å². The topological polar surface area (TPSA) is 82.8 Å². The van der Waals surface area contributed by atoms with Gasteiger partial charge >= 0.3 is 0 Å². The molecule has 2 heterocycles. The van der Waals surface area contributed by atoms with Crippen molar-refractivity contribution < 1.29 is 15.0 Å². The van der Waals surface area contributed by atoms with Crippen LogP contribution < -0.4 is 5.43 Å². The summed E-state index contributed by atoms with van der Waals surface area (Å²) >= 11 is 0. The Bertz CT molecular complexity index is 479. The maximum Gasteiger partial charge on any atom is 0.242 e. The van der Waals surface area contributed by atoms with Gasteiger partial charge in [-0.2, -0.15) is 0 Å². The van der Waals surface area contributed by atoms with Crippen LogP contribution in [0.5, 0.6) is 0 Å². The molecule has 0 aliphatic carbocycles. The number of carbonyl (C=O) groups excluding carboxylic acids is 1. The second-order valence-electron chi connectivity index (χ2n) is 4.84. The molecule has 104 valence electrons. The standard InChI is InChI=1S/C13H18N2O4/c16-9-10-1-6-15(7-12(10)18)13(19)8-14-4-2-11(17)3-5-14/h2-5,10,12,16,18H,1,6-9H2/t10-,12+/m1/s1. The Labute approximate surface area is 110 Å². The van der Waals surface area contributed by atoms with Gasteiger partial charge in [-0.3, -0.25) is 9.59 Å². The molecule has 2 rings (SSSR count). The van der Waals surface area contributed by atoms with Gasteiger partial charge in [0.15, 0.2) is 5.43 Å². The van der Waals surface area contributed by atoms with Gasteiger partial charge in [0.2, 0.25) is 5.91 Å². The fourth-order valence-electron chi connectivity index (χ4n) is 2.22. The number of hydrogen-bond acceptors (Lipinski definition) is 4. The number of amides is 1. The van der Waals surface area contributed by atoms with Crippen molar-refractivity contribution in [1.82, 2.24) is 9.47 Å². The maximum absolute atomic E-state index is 12.0. The first-order valence-electron chi connectivity index (χ1n) is 6.33. The van der Waals surface area contributed by atoms with Gasteiger partial charge < -0.3 is 19.7 Å². The third-order valence-electron chi connectivity index (χ3n) is 3.49. The van der Waals surface area contributed by atoms with Gasteiger partial charge in [-0.25, -0.2) is 0 Å². The molecule has 1 saturated heterocycles. The molecule has 1 aromatic rings. The number of carbonyl (C=O) groups is 1. The molecule has 19 heavy (non-hydrogen) atoms. The lowest BCUT2D eigenvalue weighted by molar-refractivity contribution is -0.136. The maximum atomic E-state index is 12.0. The van der Waals surface area contributed by atoms with Crippen LogP contribution in [0.25, 0.3) is 0 Å². The molecule has 1 aliphatic rings. The summed E-state index contributed by atoms with van der Waals surface area (Å²) in [6, 6.07) is 2.81. The van der Waals surface area contributed by atoms with Crippen molar-refractivity contribution in [2.24, 2.45) is 5.92 Å². The molecule has 2 N–H and O–H groups in total. The first kappa shape index (κ1) is 13.8. The van der Waals surface area contributed by atoms with Gasteiger partial charge in [-0.05, 0) is 6.42 Å². The number of aromatic nitrogens is 1. The third kappa shape index (κ3) is 3.42. The fourth-order valence-corrected chi connectivity index (χ4v) is 2.22. The SMILES string of the molecule is O=C(Cn1ccc(=O)cc1)N1CC[C@H](CO)[C@@H](O)C1. The van der Waals surface area contributed by atoms with E-state index in [2.05, 4.69) is 0 Å². The van der Waals surface area contributed by atoms with Crippen molar-refractivity contribution in [2.45, 2.75) is 19.1 Å². The molecule has 1 amide bonds. The molecule has 0 radical (unpaired) electrons. The highest BCUT2D eigenvalue weighted by molar-refractivity contribution is 5.76. The largest absolute Gasteiger partial charge is 0.396 e. The van der Waals surface area contributed by atoms with Crippen LogP contribution in [0.15, 0.2) is 29.3 Å². The number of likely N-dealkylation sites (tertiary alicyclic amines) is 1. The van der Waals surface area contributed by atoms with Crippen LogP contribution in [0, 0.1) is 5.92 Å². The first-order valence-corrected chi connectivity index (χ1v) is 6.33. The summed E-state index contributed by atoms with van der Waals surface area (Å²) in [6.45, 7) is 0.894. The molecule has 1 aromatic heterocycles.